The van der Waals surface area contributed by atoms with E-state index in [2.05, 4.69) is 53.5 Å². The van der Waals surface area contributed by atoms with Gasteiger partial charge in [-0.1, -0.05) is 60.1 Å². The summed E-state index contributed by atoms with van der Waals surface area (Å²) < 4.78 is 5.86. The largest absolute Gasteiger partial charge is 0.459 e. The van der Waals surface area contributed by atoms with Gasteiger partial charge in [-0.3, -0.25) is 4.79 Å². The maximum Gasteiger partial charge on any atom is 0.322 e. The Morgan fingerprint density at radius 1 is 1.06 bits per heavy atom. The Labute approximate surface area is 198 Å². The fraction of sp³-hybridized carbons (Fsp3) is 0.296. The highest BCUT2D eigenvalue weighted by molar-refractivity contribution is 8.09. The molecule has 3 aliphatic heterocycles. The van der Waals surface area contributed by atoms with Gasteiger partial charge in [-0.25, -0.2) is 0 Å². The molecule has 164 valence electrons. The van der Waals surface area contributed by atoms with Crippen LogP contribution >= 0.6 is 23.4 Å². The topological polar surface area (TPSA) is 29.5 Å². The van der Waals surface area contributed by atoms with Gasteiger partial charge in [0.25, 0.3) is 0 Å². The van der Waals surface area contributed by atoms with Crippen molar-refractivity contribution in [1.82, 2.24) is 4.90 Å². The van der Waals surface area contributed by atoms with Crippen LogP contribution in [0.4, 0.5) is 0 Å². The monoisotopic (exact) mass is 463 g/mol. The summed E-state index contributed by atoms with van der Waals surface area (Å²) in [6.45, 7) is 5.79. The highest BCUT2D eigenvalue weighted by atomic mass is 35.5. The molecule has 2 aromatic carbocycles. The number of hydrogen-bond donors (Lipinski definition) is 0. The van der Waals surface area contributed by atoms with Crippen molar-refractivity contribution >= 4 is 39.8 Å². The first-order valence-electron chi connectivity index (χ1n) is 10.9. The highest BCUT2D eigenvalue weighted by Gasteiger charge is 2.47. The van der Waals surface area contributed by atoms with Gasteiger partial charge < -0.3 is 9.64 Å². The fourth-order valence-electron chi connectivity index (χ4n) is 4.63. The molecule has 0 radical (unpaired) electrons. The maximum absolute atomic E-state index is 13.3. The van der Waals surface area contributed by atoms with Crippen molar-refractivity contribution in [1.29, 1.82) is 0 Å². The Morgan fingerprint density at radius 2 is 1.78 bits per heavy atom. The normalized spacial score (nSPS) is 22.3. The highest BCUT2D eigenvalue weighted by Crippen LogP contribution is 2.54. The van der Waals surface area contributed by atoms with E-state index in [0.717, 1.165) is 28.3 Å². The summed E-state index contributed by atoms with van der Waals surface area (Å²) in [4.78, 5) is 16.9. The van der Waals surface area contributed by atoms with Crippen molar-refractivity contribution in [2.75, 3.05) is 0 Å². The predicted octanol–water partition coefficient (Wildman–Crippen LogP) is 6.91. The molecule has 0 amide bonds. The maximum atomic E-state index is 13.3. The van der Waals surface area contributed by atoms with Crippen LogP contribution in [0.1, 0.15) is 44.7 Å². The molecule has 5 heteroatoms. The number of thioether (sulfide) groups is 1. The van der Waals surface area contributed by atoms with Crippen LogP contribution in [0.2, 0.25) is 5.02 Å². The van der Waals surface area contributed by atoms with Crippen molar-refractivity contribution in [2.45, 2.75) is 50.5 Å². The first-order valence-corrected chi connectivity index (χ1v) is 12.2. The molecule has 0 spiro atoms. The second-order valence-corrected chi connectivity index (χ2v) is 10.9. The lowest BCUT2D eigenvalue weighted by molar-refractivity contribution is -0.155. The molecule has 3 aliphatic rings. The number of allylic oxidation sites excluding steroid dienone is 2. The standard InChI is InChI=1S/C27H26ClNO2S/c1-27(2,3)31-26(30)25-22-11-7-10-21-20(17-12-14-19(28)15-13-17)16-23(29(21)22)24(32-25)18-8-5-4-6-9-18/h4-10,12-15,22,25H,11,16H2,1-3H3/t22-,25+/m0/s1. The molecule has 5 rings (SSSR count). The average molecular weight is 464 g/mol. The van der Waals surface area contributed by atoms with Crippen LogP contribution in [0.3, 0.4) is 0 Å². The van der Waals surface area contributed by atoms with Crippen LogP contribution in [0, 0.1) is 0 Å². The molecular formula is C27H26ClNO2S. The van der Waals surface area contributed by atoms with Gasteiger partial charge in [-0.2, -0.15) is 0 Å². The molecule has 0 aliphatic carbocycles. The Kier molecular flexibility index (Phi) is 5.47. The lowest BCUT2D eigenvalue weighted by Crippen LogP contribution is -2.48. The second-order valence-electron chi connectivity index (χ2n) is 9.34. The summed E-state index contributed by atoms with van der Waals surface area (Å²) >= 11 is 7.81. The number of benzene rings is 2. The van der Waals surface area contributed by atoms with E-state index in [1.807, 2.05) is 39.0 Å². The molecule has 0 fully saturated rings. The predicted molar refractivity (Wildman–Crippen MR) is 133 cm³/mol. The van der Waals surface area contributed by atoms with Gasteiger partial charge in [0, 0.05) is 27.7 Å². The Balaban J connectivity index is 1.64. The molecule has 0 saturated heterocycles. The summed E-state index contributed by atoms with van der Waals surface area (Å²) in [6.07, 6.45) is 6.05. The van der Waals surface area contributed by atoms with Gasteiger partial charge >= 0.3 is 5.97 Å². The van der Waals surface area contributed by atoms with E-state index in [-0.39, 0.29) is 17.3 Å². The molecule has 0 saturated carbocycles. The van der Waals surface area contributed by atoms with Gasteiger partial charge in [0.2, 0.25) is 0 Å². The zero-order valence-corrected chi connectivity index (χ0v) is 20.0. The van der Waals surface area contributed by atoms with E-state index in [1.54, 1.807) is 11.8 Å². The van der Waals surface area contributed by atoms with E-state index in [4.69, 9.17) is 16.3 Å². The van der Waals surface area contributed by atoms with Gasteiger partial charge in [0.05, 0.1) is 6.04 Å². The lowest BCUT2D eigenvalue weighted by atomic mass is 9.99. The molecule has 2 atom stereocenters. The minimum atomic E-state index is -0.517. The molecule has 32 heavy (non-hydrogen) atoms. The lowest BCUT2D eigenvalue weighted by Gasteiger charge is -2.43. The first-order chi connectivity index (χ1) is 15.3. The van der Waals surface area contributed by atoms with Crippen molar-refractivity contribution in [3.8, 4) is 0 Å². The third-order valence-corrected chi connectivity index (χ3v) is 7.63. The van der Waals surface area contributed by atoms with Crippen LogP contribution < -0.4 is 0 Å². The number of nitrogens with zero attached hydrogens (tertiary/aromatic N) is 1. The molecule has 2 aromatic rings. The van der Waals surface area contributed by atoms with Crippen LogP contribution in [0.15, 0.2) is 78.1 Å². The van der Waals surface area contributed by atoms with Gasteiger partial charge in [0.1, 0.15) is 10.9 Å². The number of esters is 1. The zero-order valence-electron chi connectivity index (χ0n) is 18.5. The summed E-state index contributed by atoms with van der Waals surface area (Å²) in [7, 11) is 0. The van der Waals surface area contributed by atoms with E-state index < -0.39 is 5.60 Å². The van der Waals surface area contributed by atoms with Crippen molar-refractivity contribution in [3.05, 3.63) is 94.3 Å². The molecule has 0 bridgehead atoms. The average Bonchev–Trinajstić information content (AvgIpc) is 3.15. The van der Waals surface area contributed by atoms with Crippen LogP contribution in [-0.2, 0) is 9.53 Å². The van der Waals surface area contributed by atoms with Gasteiger partial charge in [-0.05, 0) is 62.1 Å². The van der Waals surface area contributed by atoms with Crippen molar-refractivity contribution < 1.29 is 9.53 Å². The first kappa shape index (κ1) is 21.4. The second kappa shape index (κ2) is 8.17. The number of halogens is 1. The third-order valence-electron chi connectivity index (χ3n) is 5.91. The Bertz CT molecular complexity index is 1140. The number of ether oxygens (including phenoxy) is 1. The van der Waals surface area contributed by atoms with Gasteiger partial charge in [0.15, 0.2) is 0 Å². The molecule has 0 N–H and O–H groups in total. The van der Waals surface area contributed by atoms with Crippen LogP contribution in [-0.4, -0.2) is 27.8 Å². The van der Waals surface area contributed by atoms with E-state index in [0.29, 0.717) is 0 Å². The minimum absolute atomic E-state index is 0.0436. The van der Waals surface area contributed by atoms with E-state index in [1.165, 1.54) is 22.5 Å². The summed E-state index contributed by atoms with van der Waals surface area (Å²) in [5.41, 5.74) is 5.53. The van der Waals surface area contributed by atoms with E-state index >= 15 is 0 Å². The smallest absolute Gasteiger partial charge is 0.322 e. The van der Waals surface area contributed by atoms with Crippen molar-refractivity contribution in [2.24, 2.45) is 0 Å². The van der Waals surface area contributed by atoms with Crippen LogP contribution in [0.5, 0.6) is 0 Å². The number of carbonyl (C=O) groups is 1. The van der Waals surface area contributed by atoms with E-state index in [9.17, 15) is 4.79 Å². The molecule has 3 nitrogen and oxygen atoms in total. The number of carbonyl (C=O) groups excluding carboxylic acids is 1. The number of hydrogen-bond acceptors (Lipinski definition) is 4. The minimum Gasteiger partial charge on any atom is -0.459 e. The molecule has 0 unspecified atom stereocenters. The van der Waals surface area contributed by atoms with Crippen molar-refractivity contribution in [3.63, 3.8) is 0 Å². The summed E-state index contributed by atoms with van der Waals surface area (Å²) in [5.74, 6) is -0.144. The summed E-state index contributed by atoms with van der Waals surface area (Å²) in [6, 6.07) is 18.5. The Hall–Kier alpha value is -2.43. The molecule has 0 aromatic heterocycles. The zero-order chi connectivity index (χ0) is 22.5. The van der Waals surface area contributed by atoms with Crippen LogP contribution in [0.25, 0.3) is 10.5 Å². The fourth-order valence-corrected chi connectivity index (χ4v) is 6.12. The molecular weight excluding hydrogens is 438 g/mol. The third kappa shape index (κ3) is 3.91. The Morgan fingerprint density at radius 3 is 2.47 bits per heavy atom. The van der Waals surface area contributed by atoms with Gasteiger partial charge in [-0.15, -0.1) is 11.8 Å². The molecule has 3 heterocycles. The number of rotatable bonds is 3. The SMILES string of the molecule is CC(C)(C)OC(=O)[C@@H]1SC(c2ccccc2)=C2CC(c3ccc(Cl)cc3)=C3C=CC[C@@H]1N32. The summed E-state index contributed by atoms with van der Waals surface area (Å²) in [5, 5.41) is 0.439. The quantitative estimate of drug-likeness (QED) is 0.462.